The number of carbonyl (C=O) groups excluding carboxylic acids is 1. The Morgan fingerprint density at radius 1 is 1.40 bits per heavy atom. The number of rotatable bonds is 6. The van der Waals surface area contributed by atoms with Crippen molar-refractivity contribution in [2.75, 3.05) is 13.1 Å². The Morgan fingerprint density at radius 3 is 2.53 bits per heavy atom. The van der Waals surface area contributed by atoms with Crippen molar-refractivity contribution in [2.45, 2.75) is 52.0 Å². The highest BCUT2D eigenvalue weighted by atomic mass is 16.1. The Kier molecular flexibility index (Phi) is 5.69. The third-order valence-electron chi connectivity index (χ3n) is 3.05. The first kappa shape index (κ1) is 12.5. The van der Waals surface area contributed by atoms with E-state index in [4.69, 9.17) is 0 Å². The van der Waals surface area contributed by atoms with Crippen molar-refractivity contribution in [3.63, 3.8) is 0 Å². The molecule has 1 atom stereocenters. The van der Waals surface area contributed by atoms with Crippen molar-refractivity contribution >= 4 is 5.91 Å². The lowest BCUT2D eigenvalue weighted by molar-refractivity contribution is -0.126. The average molecular weight is 212 g/mol. The van der Waals surface area contributed by atoms with E-state index in [0.29, 0.717) is 6.04 Å². The topological polar surface area (TPSA) is 41.1 Å². The van der Waals surface area contributed by atoms with Gasteiger partial charge in [0, 0.05) is 18.5 Å². The molecule has 1 aliphatic rings. The van der Waals surface area contributed by atoms with E-state index in [2.05, 4.69) is 24.5 Å². The number of hydrogen-bond acceptors (Lipinski definition) is 2. The van der Waals surface area contributed by atoms with Gasteiger partial charge >= 0.3 is 0 Å². The zero-order chi connectivity index (χ0) is 11.1. The summed E-state index contributed by atoms with van der Waals surface area (Å²) >= 11 is 0. The molecule has 0 unspecified atom stereocenters. The lowest BCUT2D eigenvalue weighted by Gasteiger charge is -2.18. The second-order valence-corrected chi connectivity index (χ2v) is 4.47. The van der Waals surface area contributed by atoms with Crippen LogP contribution in [-0.4, -0.2) is 25.0 Å². The molecule has 0 aromatic heterocycles. The normalized spacial score (nSPS) is 20.9. The Hall–Kier alpha value is -0.570. The molecule has 1 heterocycles. The van der Waals surface area contributed by atoms with Crippen molar-refractivity contribution in [1.29, 1.82) is 0 Å². The number of hydrogen-bond donors (Lipinski definition) is 2. The molecule has 0 radical (unpaired) electrons. The van der Waals surface area contributed by atoms with E-state index >= 15 is 0 Å². The molecule has 1 amide bonds. The van der Waals surface area contributed by atoms with E-state index < -0.39 is 0 Å². The zero-order valence-corrected chi connectivity index (χ0v) is 10.0. The highest BCUT2D eigenvalue weighted by molar-refractivity contribution is 5.78. The molecule has 88 valence electrons. The summed E-state index contributed by atoms with van der Waals surface area (Å²) in [4.78, 5) is 11.9. The number of carbonyl (C=O) groups is 1. The van der Waals surface area contributed by atoms with Crippen molar-refractivity contribution in [1.82, 2.24) is 10.6 Å². The van der Waals surface area contributed by atoms with Crippen LogP contribution >= 0.6 is 0 Å². The van der Waals surface area contributed by atoms with Crippen LogP contribution in [0.3, 0.4) is 0 Å². The third-order valence-corrected chi connectivity index (χ3v) is 3.05. The molecule has 1 fully saturated rings. The summed E-state index contributed by atoms with van der Waals surface area (Å²) < 4.78 is 0. The molecule has 0 aromatic carbocycles. The van der Waals surface area contributed by atoms with Crippen LogP contribution in [0.2, 0.25) is 0 Å². The molecule has 15 heavy (non-hydrogen) atoms. The van der Waals surface area contributed by atoms with Crippen molar-refractivity contribution < 1.29 is 4.79 Å². The molecule has 0 bridgehead atoms. The largest absolute Gasteiger partial charge is 0.352 e. The SMILES string of the molecule is CCCC(CCC)C(=O)N[C@H]1CCNC1. The Balaban J connectivity index is 2.33. The minimum atomic E-state index is 0.237. The van der Waals surface area contributed by atoms with E-state index in [-0.39, 0.29) is 11.8 Å². The molecule has 1 aliphatic heterocycles. The van der Waals surface area contributed by atoms with Gasteiger partial charge in [-0.25, -0.2) is 0 Å². The molecule has 0 spiro atoms. The lowest BCUT2D eigenvalue weighted by atomic mass is 9.97. The minimum Gasteiger partial charge on any atom is -0.352 e. The highest BCUT2D eigenvalue weighted by Gasteiger charge is 2.21. The number of nitrogens with one attached hydrogen (secondary N) is 2. The fourth-order valence-corrected chi connectivity index (χ4v) is 2.20. The first-order valence-corrected chi connectivity index (χ1v) is 6.29. The predicted octanol–water partition coefficient (Wildman–Crippen LogP) is 1.68. The van der Waals surface area contributed by atoms with Gasteiger partial charge in [0.05, 0.1) is 0 Å². The van der Waals surface area contributed by atoms with Crippen molar-refractivity contribution in [3.05, 3.63) is 0 Å². The van der Waals surface area contributed by atoms with Gasteiger partial charge in [0.15, 0.2) is 0 Å². The van der Waals surface area contributed by atoms with Gasteiger partial charge in [-0.1, -0.05) is 26.7 Å². The van der Waals surface area contributed by atoms with Crippen LogP contribution in [0.15, 0.2) is 0 Å². The van der Waals surface area contributed by atoms with Gasteiger partial charge < -0.3 is 10.6 Å². The summed E-state index contributed by atoms with van der Waals surface area (Å²) in [6, 6.07) is 0.369. The van der Waals surface area contributed by atoms with Gasteiger partial charge in [-0.15, -0.1) is 0 Å². The Morgan fingerprint density at radius 2 is 2.07 bits per heavy atom. The van der Waals surface area contributed by atoms with Crippen LogP contribution in [0.4, 0.5) is 0 Å². The molecule has 1 saturated heterocycles. The Bertz CT molecular complexity index is 182. The van der Waals surface area contributed by atoms with E-state index in [1.807, 2.05) is 0 Å². The summed E-state index contributed by atoms with van der Waals surface area (Å²) in [7, 11) is 0. The third kappa shape index (κ3) is 4.20. The van der Waals surface area contributed by atoms with Crippen LogP contribution in [0.25, 0.3) is 0 Å². The monoisotopic (exact) mass is 212 g/mol. The number of amides is 1. The first-order valence-electron chi connectivity index (χ1n) is 6.29. The zero-order valence-electron chi connectivity index (χ0n) is 10.0. The van der Waals surface area contributed by atoms with Crippen LogP contribution in [-0.2, 0) is 4.79 Å². The lowest BCUT2D eigenvalue weighted by Crippen LogP contribution is -2.40. The summed E-state index contributed by atoms with van der Waals surface area (Å²) in [5.41, 5.74) is 0. The van der Waals surface area contributed by atoms with Gasteiger partial charge in [-0.2, -0.15) is 0 Å². The maximum Gasteiger partial charge on any atom is 0.223 e. The smallest absolute Gasteiger partial charge is 0.223 e. The van der Waals surface area contributed by atoms with Crippen LogP contribution in [0, 0.1) is 5.92 Å². The minimum absolute atomic E-state index is 0.237. The Labute approximate surface area is 93.0 Å². The fraction of sp³-hybridized carbons (Fsp3) is 0.917. The van der Waals surface area contributed by atoms with Crippen molar-refractivity contribution in [3.8, 4) is 0 Å². The summed E-state index contributed by atoms with van der Waals surface area (Å²) in [6.07, 6.45) is 5.33. The second-order valence-electron chi connectivity index (χ2n) is 4.47. The van der Waals surface area contributed by atoms with E-state index in [9.17, 15) is 4.79 Å². The summed E-state index contributed by atoms with van der Waals surface area (Å²) in [5, 5.41) is 6.41. The van der Waals surface area contributed by atoms with E-state index in [0.717, 1.165) is 45.2 Å². The van der Waals surface area contributed by atoms with Crippen LogP contribution in [0.5, 0.6) is 0 Å². The fourth-order valence-electron chi connectivity index (χ4n) is 2.20. The van der Waals surface area contributed by atoms with Gasteiger partial charge in [0.2, 0.25) is 5.91 Å². The molecule has 0 aromatic rings. The standard InChI is InChI=1S/C12H24N2O/c1-3-5-10(6-4-2)12(15)14-11-7-8-13-9-11/h10-11,13H,3-9H2,1-2H3,(H,14,15)/t11-/m0/s1. The second kappa shape index (κ2) is 6.83. The van der Waals surface area contributed by atoms with Gasteiger partial charge in [0.25, 0.3) is 0 Å². The molecular weight excluding hydrogens is 188 g/mol. The van der Waals surface area contributed by atoms with Crippen LogP contribution in [0.1, 0.15) is 46.0 Å². The molecule has 0 aliphatic carbocycles. The molecule has 3 heteroatoms. The van der Waals surface area contributed by atoms with Gasteiger partial charge in [-0.3, -0.25) is 4.79 Å². The summed E-state index contributed by atoms with van der Waals surface area (Å²) in [5.74, 6) is 0.507. The molecule has 3 nitrogen and oxygen atoms in total. The average Bonchev–Trinajstić information content (AvgIpc) is 2.70. The summed E-state index contributed by atoms with van der Waals surface area (Å²) in [6.45, 7) is 6.27. The van der Waals surface area contributed by atoms with Gasteiger partial charge in [-0.05, 0) is 25.8 Å². The maximum absolute atomic E-state index is 11.9. The predicted molar refractivity (Wildman–Crippen MR) is 62.7 cm³/mol. The quantitative estimate of drug-likeness (QED) is 0.703. The first-order chi connectivity index (χ1) is 7.27. The van der Waals surface area contributed by atoms with Crippen molar-refractivity contribution in [2.24, 2.45) is 5.92 Å². The maximum atomic E-state index is 11.9. The molecule has 0 saturated carbocycles. The highest BCUT2D eigenvalue weighted by Crippen LogP contribution is 2.14. The van der Waals surface area contributed by atoms with E-state index in [1.54, 1.807) is 0 Å². The van der Waals surface area contributed by atoms with Crippen LogP contribution < -0.4 is 10.6 Å². The molecule has 2 N–H and O–H groups in total. The van der Waals surface area contributed by atoms with E-state index in [1.165, 1.54) is 0 Å². The molecule has 1 rings (SSSR count). The molecular formula is C12H24N2O. The van der Waals surface area contributed by atoms with Gasteiger partial charge in [0.1, 0.15) is 0 Å².